The lowest BCUT2D eigenvalue weighted by Crippen LogP contribution is -2.35. The van der Waals surface area contributed by atoms with Crippen molar-refractivity contribution < 1.29 is 14.7 Å². The maximum Gasteiger partial charge on any atom is 0.335 e. The van der Waals surface area contributed by atoms with Gasteiger partial charge in [0.25, 0.3) is 0 Å². The summed E-state index contributed by atoms with van der Waals surface area (Å²) in [5, 5.41) is 14.0. The quantitative estimate of drug-likeness (QED) is 0.710. The van der Waals surface area contributed by atoms with Crippen LogP contribution in [0.3, 0.4) is 0 Å². The van der Waals surface area contributed by atoms with Gasteiger partial charge in [-0.15, -0.1) is 12.3 Å². The second-order valence-corrected chi connectivity index (χ2v) is 3.79. The Hall–Kier alpha value is -2.48. The minimum absolute atomic E-state index is 0.117. The molecule has 3 N–H and O–H groups in total. The Morgan fingerprint density at radius 2 is 2.00 bits per heavy atom. The lowest BCUT2D eigenvalue weighted by atomic mass is 10.2. The molecular formula is C13H14N2O3. The first kappa shape index (κ1) is 13.6. The molecule has 0 saturated heterocycles. The fraction of sp³-hybridized carbons (Fsp3) is 0.231. The molecule has 0 aromatic heterocycles. The summed E-state index contributed by atoms with van der Waals surface area (Å²) in [6, 6.07) is 5.39. The molecule has 0 spiro atoms. The Morgan fingerprint density at radius 3 is 2.50 bits per heavy atom. The van der Waals surface area contributed by atoms with Crippen LogP contribution in [0.5, 0.6) is 0 Å². The summed E-state index contributed by atoms with van der Waals surface area (Å²) in [7, 11) is 0. The maximum absolute atomic E-state index is 11.5. The number of amides is 2. The molecule has 18 heavy (non-hydrogen) atoms. The number of urea groups is 1. The molecule has 1 unspecified atom stereocenters. The summed E-state index contributed by atoms with van der Waals surface area (Å²) in [4.78, 5) is 22.1. The fourth-order valence-electron chi connectivity index (χ4n) is 1.31. The van der Waals surface area contributed by atoms with Crippen molar-refractivity contribution in [1.82, 2.24) is 5.32 Å². The molecule has 0 aliphatic carbocycles. The van der Waals surface area contributed by atoms with Gasteiger partial charge in [0.15, 0.2) is 0 Å². The van der Waals surface area contributed by atoms with Gasteiger partial charge in [0, 0.05) is 18.2 Å². The SMILES string of the molecule is C#CCC(C)NC(=O)Nc1ccc(C(=O)O)cc1. The average molecular weight is 246 g/mol. The Bertz CT molecular complexity index is 474. The molecule has 0 fully saturated rings. The normalized spacial score (nSPS) is 11.1. The third kappa shape index (κ3) is 4.18. The Labute approximate surface area is 105 Å². The van der Waals surface area contributed by atoms with Gasteiger partial charge in [-0.1, -0.05) is 0 Å². The van der Waals surface area contributed by atoms with Crippen LogP contribution in [0.1, 0.15) is 23.7 Å². The number of carboxylic acids is 1. The van der Waals surface area contributed by atoms with E-state index in [1.165, 1.54) is 24.3 Å². The standard InChI is InChI=1S/C13H14N2O3/c1-3-4-9(2)14-13(18)15-11-7-5-10(6-8-11)12(16)17/h1,5-9H,4H2,2H3,(H,16,17)(H2,14,15,18). The van der Waals surface area contributed by atoms with Gasteiger partial charge in [-0.25, -0.2) is 9.59 Å². The predicted molar refractivity (Wildman–Crippen MR) is 68.5 cm³/mol. The van der Waals surface area contributed by atoms with Crippen molar-refractivity contribution in [3.05, 3.63) is 29.8 Å². The molecular weight excluding hydrogens is 232 g/mol. The molecule has 0 saturated carbocycles. The minimum atomic E-state index is -1.01. The van der Waals surface area contributed by atoms with Crippen LogP contribution in [-0.2, 0) is 0 Å². The van der Waals surface area contributed by atoms with Crippen molar-refractivity contribution in [2.45, 2.75) is 19.4 Å². The number of carbonyl (C=O) groups excluding carboxylic acids is 1. The second kappa shape index (κ2) is 6.30. The number of hydrogen-bond donors (Lipinski definition) is 3. The van der Waals surface area contributed by atoms with Crippen LogP contribution in [-0.4, -0.2) is 23.1 Å². The molecule has 1 aromatic rings. The first-order chi connectivity index (χ1) is 8.52. The zero-order valence-electron chi connectivity index (χ0n) is 9.93. The van der Waals surface area contributed by atoms with Gasteiger partial charge in [0.1, 0.15) is 0 Å². The smallest absolute Gasteiger partial charge is 0.335 e. The Morgan fingerprint density at radius 1 is 1.39 bits per heavy atom. The van der Waals surface area contributed by atoms with Gasteiger partial charge >= 0.3 is 12.0 Å². The van der Waals surface area contributed by atoms with E-state index < -0.39 is 5.97 Å². The summed E-state index contributed by atoms with van der Waals surface area (Å²) in [5.41, 5.74) is 0.687. The van der Waals surface area contributed by atoms with Crippen molar-refractivity contribution in [1.29, 1.82) is 0 Å². The first-order valence-corrected chi connectivity index (χ1v) is 5.37. The van der Waals surface area contributed by atoms with Crippen LogP contribution in [0.15, 0.2) is 24.3 Å². The molecule has 1 rings (SSSR count). The molecule has 0 radical (unpaired) electrons. The van der Waals surface area contributed by atoms with Crippen LogP contribution in [0.2, 0.25) is 0 Å². The Kier molecular flexibility index (Phi) is 4.76. The van der Waals surface area contributed by atoms with E-state index in [-0.39, 0.29) is 17.6 Å². The summed E-state index contributed by atoms with van der Waals surface area (Å²) in [6.07, 6.45) is 5.58. The molecule has 0 heterocycles. The molecule has 94 valence electrons. The van der Waals surface area contributed by atoms with Crippen LogP contribution >= 0.6 is 0 Å². The second-order valence-electron chi connectivity index (χ2n) is 3.79. The molecule has 5 nitrogen and oxygen atoms in total. The monoisotopic (exact) mass is 246 g/mol. The van der Waals surface area contributed by atoms with Crippen LogP contribution < -0.4 is 10.6 Å². The highest BCUT2D eigenvalue weighted by Gasteiger charge is 2.07. The van der Waals surface area contributed by atoms with E-state index in [4.69, 9.17) is 11.5 Å². The number of rotatable bonds is 4. The van der Waals surface area contributed by atoms with Gasteiger partial charge in [0.2, 0.25) is 0 Å². The van der Waals surface area contributed by atoms with E-state index in [1.807, 2.05) is 0 Å². The van der Waals surface area contributed by atoms with Gasteiger partial charge in [0.05, 0.1) is 5.56 Å². The highest BCUT2D eigenvalue weighted by Crippen LogP contribution is 2.09. The van der Waals surface area contributed by atoms with E-state index in [9.17, 15) is 9.59 Å². The predicted octanol–water partition coefficient (Wildman–Crippen LogP) is 1.92. The minimum Gasteiger partial charge on any atom is -0.478 e. The number of anilines is 1. The topological polar surface area (TPSA) is 78.4 Å². The third-order valence-corrected chi connectivity index (χ3v) is 2.19. The largest absolute Gasteiger partial charge is 0.478 e. The third-order valence-electron chi connectivity index (χ3n) is 2.19. The van der Waals surface area contributed by atoms with Crippen molar-refractivity contribution in [3.8, 4) is 12.3 Å². The molecule has 0 bridgehead atoms. The number of hydrogen-bond acceptors (Lipinski definition) is 2. The zero-order valence-corrected chi connectivity index (χ0v) is 9.93. The van der Waals surface area contributed by atoms with Gasteiger partial charge < -0.3 is 15.7 Å². The van der Waals surface area contributed by atoms with Crippen LogP contribution in [0, 0.1) is 12.3 Å². The van der Waals surface area contributed by atoms with E-state index in [2.05, 4.69) is 16.6 Å². The molecule has 0 aliphatic heterocycles. The highest BCUT2D eigenvalue weighted by molar-refractivity contribution is 5.91. The van der Waals surface area contributed by atoms with Crippen molar-refractivity contribution in [3.63, 3.8) is 0 Å². The number of carboxylic acid groups (broad SMARTS) is 1. The molecule has 1 atom stereocenters. The number of terminal acetylenes is 1. The van der Waals surface area contributed by atoms with Crippen LogP contribution in [0.4, 0.5) is 10.5 Å². The lowest BCUT2D eigenvalue weighted by molar-refractivity contribution is 0.0697. The molecule has 5 heteroatoms. The van der Waals surface area contributed by atoms with E-state index in [1.54, 1.807) is 6.92 Å². The van der Waals surface area contributed by atoms with Gasteiger partial charge in [-0.05, 0) is 31.2 Å². The average Bonchev–Trinajstić information content (AvgIpc) is 2.29. The lowest BCUT2D eigenvalue weighted by Gasteiger charge is -2.12. The van der Waals surface area contributed by atoms with E-state index in [0.717, 1.165) is 0 Å². The van der Waals surface area contributed by atoms with E-state index >= 15 is 0 Å². The van der Waals surface area contributed by atoms with Crippen molar-refractivity contribution in [2.24, 2.45) is 0 Å². The Balaban J connectivity index is 2.55. The molecule has 0 aliphatic rings. The van der Waals surface area contributed by atoms with Gasteiger partial charge in [-0.3, -0.25) is 0 Å². The molecule has 2 amide bonds. The van der Waals surface area contributed by atoms with Gasteiger partial charge in [-0.2, -0.15) is 0 Å². The summed E-state index contributed by atoms with van der Waals surface area (Å²) < 4.78 is 0. The number of nitrogens with one attached hydrogen (secondary N) is 2. The number of benzene rings is 1. The number of aromatic carboxylic acids is 1. The molecule has 1 aromatic carbocycles. The van der Waals surface area contributed by atoms with Crippen LogP contribution in [0.25, 0.3) is 0 Å². The zero-order chi connectivity index (χ0) is 13.5. The van der Waals surface area contributed by atoms with E-state index in [0.29, 0.717) is 12.1 Å². The number of carbonyl (C=O) groups is 2. The van der Waals surface area contributed by atoms with Crippen molar-refractivity contribution in [2.75, 3.05) is 5.32 Å². The first-order valence-electron chi connectivity index (χ1n) is 5.37. The maximum atomic E-state index is 11.5. The fourth-order valence-corrected chi connectivity index (χ4v) is 1.31. The summed E-state index contributed by atoms with van der Waals surface area (Å²) in [6.45, 7) is 1.80. The summed E-state index contributed by atoms with van der Waals surface area (Å²) in [5.74, 6) is 1.44. The summed E-state index contributed by atoms with van der Waals surface area (Å²) >= 11 is 0. The highest BCUT2D eigenvalue weighted by atomic mass is 16.4. The van der Waals surface area contributed by atoms with Crippen molar-refractivity contribution >= 4 is 17.7 Å².